The van der Waals surface area contributed by atoms with Crippen molar-refractivity contribution in [3.05, 3.63) is 23.0 Å². The van der Waals surface area contributed by atoms with E-state index in [2.05, 4.69) is 31.5 Å². The fourth-order valence-electron chi connectivity index (χ4n) is 2.24. The van der Waals surface area contributed by atoms with Gasteiger partial charge in [-0.25, -0.2) is 0 Å². The third kappa shape index (κ3) is 1.51. The molecule has 2 rings (SSSR count). The minimum atomic E-state index is -1.28. The van der Waals surface area contributed by atoms with Crippen molar-refractivity contribution in [1.29, 1.82) is 0 Å². The van der Waals surface area contributed by atoms with Crippen molar-refractivity contribution >= 4 is 13.3 Å². The molecule has 1 aliphatic heterocycles. The Bertz CT molecular complexity index is 368. The smallest absolute Gasteiger partial charge is 0.0804 e. The van der Waals surface area contributed by atoms with Crippen LogP contribution in [0, 0.1) is 6.92 Å². The lowest BCUT2D eigenvalue weighted by atomic mass is 10.1. The van der Waals surface area contributed by atoms with E-state index in [1.165, 1.54) is 22.0 Å². The lowest BCUT2D eigenvalue weighted by Gasteiger charge is -2.21. The van der Waals surface area contributed by atoms with Gasteiger partial charge >= 0.3 is 0 Å². The molecular weight excluding hydrogens is 190 g/mol. The maximum absolute atomic E-state index is 5.49. The molecule has 0 radical (unpaired) electrons. The summed E-state index contributed by atoms with van der Waals surface area (Å²) in [6.07, 6.45) is 1.97. The van der Waals surface area contributed by atoms with Gasteiger partial charge in [0, 0.05) is 17.5 Å². The van der Waals surface area contributed by atoms with E-state index in [1.54, 1.807) is 0 Å². The van der Waals surface area contributed by atoms with Gasteiger partial charge in [-0.2, -0.15) is 0 Å². The van der Waals surface area contributed by atoms with Crippen LogP contribution in [0.2, 0.25) is 19.6 Å². The zero-order valence-corrected chi connectivity index (χ0v) is 10.3. The second-order valence-electron chi connectivity index (χ2n) is 4.97. The standard InChI is InChI=1S/C11H17NOSi/c1-8-11(14(2,3)4)10-7-13-6-9(10)5-12-8/h5H,6-7H2,1-4H3. The average Bonchev–Trinajstić information content (AvgIpc) is 2.48. The molecule has 0 N–H and O–H groups in total. The number of hydrogen-bond acceptors (Lipinski definition) is 2. The summed E-state index contributed by atoms with van der Waals surface area (Å²) in [7, 11) is -1.28. The van der Waals surface area contributed by atoms with E-state index in [-0.39, 0.29) is 0 Å². The summed E-state index contributed by atoms with van der Waals surface area (Å²) in [5.41, 5.74) is 3.93. The SMILES string of the molecule is Cc1ncc2c(c1[Si](C)(C)C)COC2. The van der Waals surface area contributed by atoms with Gasteiger partial charge in [-0.05, 0) is 17.7 Å². The molecule has 3 heteroatoms. The second kappa shape index (κ2) is 3.17. The van der Waals surface area contributed by atoms with Gasteiger partial charge in [-0.15, -0.1) is 0 Å². The monoisotopic (exact) mass is 207 g/mol. The zero-order chi connectivity index (χ0) is 10.3. The molecule has 76 valence electrons. The van der Waals surface area contributed by atoms with E-state index in [0.29, 0.717) is 0 Å². The predicted molar refractivity (Wildman–Crippen MR) is 60.4 cm³/mol. The molecule has 0 saturated carbocycles. The quantitative estimate of drug-likeness (QED) is 0.657. The fraction of sp³-hybridized carbons (Fsp3) is 0.545. The topological polar surface area (TPSA) is 22.1 Å². The van der Waals surface area contributed by atoms with E-state index < -0.39 is 8.07 Å². The first-order chi connectivity index (χ1) is 6.50. The van der Waals surface area contributed by atoms with Gasteiger partial charge in [0.1, 0.15) is 0 Å². The lowest BCUT2D eigenvalue weighted by Crippen LogP contribution is -2.42. The highest BCUT2D eigenvalue weighted by molar-refractivity contribution is 6.89. The highest BCUT2D eigenvalue weighted by atomic mass is 28.3. The van der Waals surface area contributed by atoms with E-state index >= 15 is 0 Å². The van der Waals surface area contributed by atoms with Crippen LogP contribution in [-0.2, 0) is 18.0 Å². The molecule has 0 saturated heterocycles. The van der Waals surface area contributed by atoms with Crippen molar-refractivity contribution < 1.29 is 4.74 Å². The summed E-state index contributed by atoms with van der Waals surface area (Å²) in [5.74, 6) is 0. The molecule has 14 heavy (non-hydrogen) atoms. The molecule has 0 unspecified atom stereocenters. The molecule has 1 aromatic rings. The minimum absolute atomic E-state index is 0.750. The molecular formula is C11H17NOSi. The molecule has 0 aliphatic carbocycles. The molecule has 2 nitrogen and oxygen atoms in total. The third-order valence-corrected chi connectivity index (χ3v) is 4.88. The van der Waals surface area contributed by atoms with Gasteiger partial charge in [0.2, 0.25) is 0 Å². The number of nitrogens with zero attached hydrogens (tertiary/aromatic N) is 1. The normalized spacial score (nSPS) is 15.7. The first-order valence-corrected chi connectivity index (χ1v) is 8.55. The summed E-state index contributed by atoms with van der Waals surface area (Å²) in [4.78, 5) is 4.47. The maximum Gasteiger partial charge on any atom is 0.0804 e. The molecule has 0 amide bonds. The van der Waals surface area contributed by atoms with Crippen LogP contribution in [0.25, 0.3) is 0 Å². The van der Waals surface area contributed by atoms with Crippen LogP contribution in [0.1, 0.15) is 16.8 Å². The Kier molecular flexibility index (Phi) is 2.24. The number of pyridine rings is 1. The van der Waals surface area contributed by atoms with Crippen molar-refractivity contribution in [3.8, 4) is 0 Å². The highest BCUT2D eigenvalue weighted by Crippen LogP contribution is 2.20. The molecule has 0 atom stereocenters. The number of rotatable bonds is 1. The van der Waals surface area contributed by atoms with E-state index in [1.807, 2.05) is 6.20 Å². The van der Waals surface area contributed by atoms with Crippen molar-refractivity contribution in [1.82, 2.24) is 4.98 Å². The Morgan fingerprint density at radius 3 is 2.64 bits per heavy atom. The number of ether oxygens (including phenoxy) is 1. The average molecular weight is 207 g/mol. The van der Waals surface area contributed by atoms with Gasteiger partial charge in [-0.1, -0.05) is 19.6 Å². The largest absolute Gasteiger partial charge is 0.372 e. The zero-order valence-electron chi connectivity index (χ0n) is 9.35. The van der Waals surface area contributed by atoms with Crippen LogP contribution in [-0.4, -0.2) is 13.1 Å². The second-order valence-corrected chi connectivity index (χ2v) is 9.97. The first kappa shape index (κ1) is 9.87. The van der Waals surface area contributed by atoms with Gasteiger partial charge in [0.05, 0.1) is 21.3 Å². The third-order valence-electron chi connectivity index (χ3n) is 2.72. The van der Waals surface area contributed by atoms with Crippen molar-refractivity contribution in [2.24, 2.45) is 0 Å². The van der Waals surface area contributed by atoms with E-state index in [4.69, 9.17) is 4.74 Å². The molecule has 0 spiro atoms. The predicted octanol–water partition coefficient (Wildman–Crippen LogP) is 1.97. The highest BCUT2D eigenvalue weighted by Gasteiger charge is 2.27. The van der Waals surface area contributed by atoms with Gasteiger partial charge in [0.25, 0.3) is 0 Å². The van der Waals surface area contributed by atoms with E-state index in [0.717, 1.165) is 13.2 Å². The van der Waals surface area contributed by atoms with E-state index in [9.17, 15) is 0 Å². The number of fused-ring (bicyclic) bond motifs is 1. The molecule has 2 heterocycles. The summed E-state index contributed by atoms with van der Waals surface area (Å²) >= 11 is 0. The molecule has 1 aliphatic rings. The molecule has 0 bridgehead atoms. The minimum Gasteiger partial charge on any atom is -0.372 e. The van der Waals surface area contributed by atoms with Crippen LogP contribution in [0.3, 0.4) is 0 Å². The number of aryl methyl sites for hydroxylation is 1. The summed E-state index contributed by atoms with van der Waals surface area (Å²) in [5, 5.41) is 1.51. The number of hydrogen-bond donors (Lipinski definition) is 0. The van der Waals surface area contributed by atoms with Crippen LogP contribution >= 0.6 is 0 Å². The Hall–Kier alpha value is -0.673. The van der Waals surface area contributed by atoms with Crippen molar-refractivity contribution in [2.45, 2.75) is 39.8 Å². The Morgan fingerprint density at radius 2 is 2.00 bits per heavy atom. The maximum atomic E-state index is 5.49. The van der Waals surface area contributed by atoms with Crippen LogP contribution in [0.15, 0.2) is 6.20 Å². The molecule has 0 aromatic carbocycles. The molecule has 1 aromatic heterocycles. The summed E-state index contributed by atoms with van der Waals surface area (Å²) < 4.78 is 5.49. The van der Waals surface area contributed by atoms with Gasteiger partial charge in [-0.3, -0.25) is 4.98 Å². The number of aromatic nitrogens is 1. The first-order valence-electron chi connectivity index (χ1n) is 5.05. The van der Waals surface area contributed by atoms with Gasteiger partial charge in [0.15, 0.2) is 0 Å². The summed E-state index contributed by atoms with van der Waals surface area (Å²) in [6, 6.07) is 0. The lowest BCUT2D eigenvalue weighted by molar-refractivity contribution is 0.134. The summed E-state index contributed by atoms with van der Waals surface area (Å²) in [6.45, 7) is 10.8. The van der Waals surface area contributed by atoms with Gasteiger partial charge < -0.3 is 4.74 Å². The Morgan fingerprint density at radius 1 is 1.29 bits per heavy atom. The Labute approximate surface area is 86.3 Å². The van der Waals surface area contributed by atoms with Crippen LogP contribution < -0.4 is 5.19 Å². The van der Waals surface area contributed by atoms with Crippen molar-refractivity contribution in [3.63, 3.8) is 0 Å². The Balaban J connectivity index is 2.63. The van der Waals surface area contributed by atoms with Crippen LogP contribution in [0.4, 0.5) is 0 Å². The molecule has 0 fully saturated rings. The van der Waals surface area contributed by atoms with Crippen molar-refractivity contribution in [2.75, 3.05) is 0 Å². The van der Waals surface area contributed by atoms with Crippen LogP contribution in [0.5, 0.6) is 0 Å². The fourth-order valence-corrected chi connectivity index (χ4v) is 4.53.